The number of ether oxygens (including phenoxy) is 1. The van der Waals surface area contributed by atoms with Crippen LogP contribution in [0.1, 0.15) is 30.7 Å². The Balaban J connectivity index is 1.75. The fourth-order valence-electron chi connectivity index (χ4n) is 3.27. The molecule has 1 aliphatic rings. The summed E-state index contributed by atoms with van der Waals surface area (Å²) in [6.07, 6.45) is 0.523. The van der Waals surface area contributed by atoms with Crippen LogP contribution in [-0.2, 0) is 17.8 Å². The Morgan fingerprint density at radius 1 is 1.13 bits per heavy atom. The summed E-state index contributed by atoms with van der Waals surface area (Å²) in [5.74, 6) is 0. The maximum atomic E-state index is 6.61. The van der Waals surface area contributed by atoms with Gasteiger partial charge in [-0.25, -0.2) is 4.68 Å². The van der Waals surface area contributed by atoms with E-state index in [-0.39, 0.29) is 12.2 Å². The molecule has 3 rings (SSSR count). The Morgan fingerprint density at radius 3 is 2.43 bits per heavy atom. The van der Waals surface area contributed by atoms with Crippen LogP contribution in [0.5, 0.6) is 0 Å². The highest BCUT2D eigenvalue weighted by molar-refractivity contribution is 6.30. The van der Waals surface area contributed by atoms with Gasteiger partial charge < -0.3 is 4.74 Å². The third kappa shape index (κ3) is 3.94. The lowest BCUT2D eigenvalue weighted by Crippen LogP contribution is -2.44. The quantitative estimate of drug-likeness (QED) is 0.857. The van der Waals surface area contributed by atoms with Gasteiger partial charge in [-0.2, -0.15) is 5.10 Å². The van der Waals surface area contributed by atoms with Gasteiger partial charge in [0.1, 0.15) is 5.15 Å². The summed E-state index contributed by atoms with van der Waals surface area (Å²) in [5.41, 5.74) is 3.35. The molecule has 0 aliphatic carbocycles. The molecule has 0 unspecified atom stereocenters. The Kier molecular flexibility index (Phi) is 5.05. The van der Waals surface area contributed by atoms with Crippen LogP contribution in [0.4, 0.5) is 0 Å². The molecule has 2 atom stereocenters. The van der Waals surface area contributed by atoms with Crippen LogP contribution in [0, 0.1) is 6.92 Å². The van der Waals surface area contributed by atoms with Gasteiger partial charge in [-0.1, -0.05) is 41.9 Å². The first-order valence-corrected chi connectivity index (χ1v) is 8.54. The van der Waals surface area contributed by atoms with Gasteiger partial charge in [0.25, 0.3) is 0 Å². The highest BCUT2D eigenvalue weighted by Gasteiger charge is 2.24. The van der Waals surface area contributed by atoms with Crippen molar-refractivity contribution in [3.8, 4) is 0 Å². The molecule has 1 aromatic heterocycles. The van der Waals surface area contributed by atoms with E-state index < -0.39 is 0 Å². The lowest BCUT2D eigenvalue weighted by molar-refractivity contribution is -0.0705. The van der Waals surface area contributed by atoms with Crippen LogP contribution in [0.3, 0.4) is 0 Å². The SMILES string of the molecule is Cc1nn(Cc2ccccc2)c(Cl)c1CN1C[C@@H](C)O[C@H](C)C1. The molecule has 124 valence electrons. The second-order valence-corrected chi connectivity index (χ2v) is 6.81. The van der Waals surface area contributed by atoms with Gasteiger partial charge in [-0.3, -0.25) is 4.90 Å². The van der Waals surface area contributed by atoms with Crippen molar-refractivity contribution in [3.63, 3.8) is 0 Å². The van der Waals surface area contributed by atoms with Crippen molar-refractivity contribution in [1.29, 1.82) is 0 Å². The molecule has 23 heavy (non-hydrogen) atoms. The minimum Gasteiger partial charge on any atom is -0.373 e. The molecule has 2 aromatic rings. The van der Waals surface area contributed by atoms with Crippen molar-refractivity contribution in [2.45, 2.75) is 46.1 Å². The maximum Gasteiger partial charge on any atom is 0.132 e. The molecule has 0 bridgehead atoms. The van der Waals surface area contributed by atoms with Crippen LogP contribution < -0.4 is 0 Å². The van der Waals surface area contributed by atoms with Crippen molar-refractivity contribution < 1.29 is 4.74 Å². The molecule has 1 aromatic carbocycles. The van der Waals surface area contributed by atoms with E-state index in [1.165, 1.54) is 5.56 Å². The van der Waals surface area contributed by atoms with Crippen LogP contribution in [0.15, 0.2) is 30.3 Å². The molecule has 1 aliphatic heterocycles. The van der Waals surface area contributed by atoms with E-state index in [1.807, 2.05) is 29.8 Å². The summed E-state index contributed by atoms with van der Waals surface area (Å²) in [4.78, 5) is 2.40. The van der Waals surface area contributed by atoms with Crippen molar-refractivity contribution in [2.75, 3.05) is 13.1 Å². The minimum absolute atomic E-state index is 0.261. The molecule has 1 saturated heterocycles. The third-order valence-corrected chi connectivity index (χ3v) is 4.66. The molecule has 1 fully saturated rings. The van der Waals surface area contributed by atoms with Crippen LogP contribution in [-0.4, -0.2) is 40.0 Å². The molecule has 4 nitrogen and oxygen atoms in total. The third-order valence-electron chi connectivity index (χ3n) is 4.24. The summed E-state index contributed by atoms with van der Waals surface area (Å²) in [7, 11) is 0. The average molecular weight is 334 g/mol. The molecule has 0 radical (unpaired) electrons. The van der Waals surface area contributed by atoms with E-state index in [0.717, 1.165) is 36.0 Å². The lowest BCUT2D eigenvalue weighted by atomic mass is 10.2. The number of halogens is 1. The topological polar surface area (TPSA) is 30.3 Å². The summed E-state index contributed by atoms with van der Waals surface area (Å²) < 4.78 is 7.70. The molecule has 5 heteroatoms. The fraction of sp³-hybridized carbons (Fsp3) is 0.500. The second kappa shape index (κ2) is 7.04. The minimum atomic E-state index is 0.261. The number of morpholine rings is 1. The Labute approximate surface area is 143 Å². The predicted octanol–water partition coefficient (Wildman–Crippen LogP) is 3.50. The zero-order chi connectivity index (χ0) is 16.4. The number of hydrogen-bond donors (Lipinski definition) is 0. The van der Waals surface area contributed by atoms with E-state index in [4.69, 9.17) is 16.3 Å². The Morgan fingerprint density at radius 2 is 1.78 bits per heavy atom. The van der Waals surface area contributed by atoms with Crippen LogP contribution >= 0.6 is 11.6 Å². The van der Waals surface area contributed by atoms with Crippen LogP contribution in [0.2, 0.25) is 5.15 Å². The van der Waals surface area contributed by atoms with Gasteiger partial charge in [0.2, 0.25) is 0 Å². The molecule has 0 spiro atoms. The van der Waals surface area contributed by atoms with Crippen molar-refractivity contribution in [3.05, 3.63) is 52.3 Å². The van der Waals surface area contributed by atoms with Gasteiger partial charge in [-0.05, 0) is 26.3 Å². The van der Waals surface area contributed by atoms with Crippen LogP contribution in [0.25, 0.3) is 0 Å². The largest absolute Gasteiger partial charge is 0.373 e. The van der Waals surface area contributed by atoms with E-state index in [2.05, 4.69) is 36.0 Å². The van der Waals surface area contributed by atoms with Crippen molar-refractivity contribution in [2.24, 2.45) is 0 Å². The summed E-state index contributed by atoms with van der Waals surface area (Å²) in [6.45, 7) is 9.68. The number of nitrogens with zero attached hydrogens (tertiary/aromatic N) is 3. The summed E-state index contributed by atoms with van der Waals surface area (Å²) >= 11 is 6.61. The van der Waals surface area contributed by atoms with Gasteiger partial charge in [0.05, 0.1) is 24.4 Å². The predicted molar refractivity (Wildman–Crippen MR) is 92.8 cm³/mol. The monoisotopic (exact) mass is 333 g/mol. The number of aromatic nitrogens is 2. The first-order valence-electron chi connectivity index (χ1n) is 8.16. The van der Waals surface area contributed by atoms with Crippen molar-refractivity contribution >= 4 is 11.6 Å². The first kappa shape index (κ1) is 16.5. The standard InChI is InChI=1S/C18H24ClN3O/c1-13-9-21(10-14(2)23-13)12-17-15(3)20-22(18(17)19)11-16-7-5-4-6-8-16/h4-8,13-14H,9-12H2,1-3H3/t13-,14-/m1/s1. The molecule has 2 heterocycles. The van der Waals surface area contributed by atoms with E-state index in [1.54, 1.807) is 0 Å². The second-order valence-electron chi connectivity index (χ2n) is 6.45. The number of aryl methyl sites for hydroxylation is 1. The van der Waals surface area contributed by atoms with E-state index >= 15 is 0 Å². The van der Waals surface area contributed by atoms with Gasteiger partial charge >= 0.3 is 0 Å². The fourth-order valence-corrected chi connectivity index (χ4v) is 3.56. The summed E-state index contributed by atoms with van der Waals surface area (Å²) in [5, 5.41) is 5.38. The van der Waals surface area contributed by atoms with E-state index in [0.29, 0.717) is 6.54 Å². The molecular weight excluding hydrogens is 310 g/mol. The molecular formula is C18H24ClN3O. The molecule has 0 amide bonds. The maximum absolute atomic E-state index is 6.61. The van der Waals surface area contributed by atoms with Gasteiger partial charge in [0.15, 0.2) is 0 Å². The first-order chi connectivity index (χ1) is 11.0. The smallest absolute Gasteiger partial charge is 0.132 e. The highest BCUT2D eigenvalue weighted by atomic mass is 35.5. The average Bonchev–Trinajstić information content (AvgIpc) is 2.75. The molecule has 0 N–H and O–H groups in total. The lowest BCUT2D eigenvalue weighted by Gasteiger charge is -2.35. The van der Waals surface area contributed by atoms with Gasteiger partial charge in [-0.15, -0.1) is 0 Å². The zero-order valence-electron chi connectivity index (χ0n) is 14.0. The van der Waals surface area contributed by atoms with E-state index in [9.17, 15) is 0 Å². The Hall–Kier alpha value is -1.36. The Bertz CT molecular complexity index is 646. The number of benzene rings is 1. The molecule has 0 saturated carbocycles. The summed E-state index contributed by atoms with van der Waals surface area (Å²) in [6, 6.07) is 10.3. The van der Waals surface area contributed by atoms with Gasteiger partial charge in [0, 0.05) is 25.2 Å². The number of rotatable bonds is 4. The highest BCUT2D eigenvalue weighted by Crippen LogP contribution is 2.24. The number of hydrogen-bond acceptors (Lipinski definition) is 3. The normalized spacial score (nSPS) is 22.4. The zero-order valence-corrected chi connectivity index (χ0v) is 14.8. The van der Waals surface area contributed by atoms with Crippen molar-refractivity contribution in [1.82, 2.24) is 14.7 Å².